The van der Waals surface area contributed by atoms with Crippen LogP contribution in [0.1, 0.15) is 24.1 Å². The SMILES string of the molecule is COC(=O)C1CCCC1S(=O)(=O)NCc1ccc(Br)s1. The molecule has 5 nitrogen and oxygen atoms in total. The number of thiophene rings is 1. The normalized spacial score (nSPS) is 22.9. The average molecular weight is 382 g/mol. The van der Waals surface area contributed by atoms with Gasteiger partial charge in [-0.25, -0.2) is 13.1 Å². The van der Waals surface area contributed by atoms with Crippen LogP contribution in [0.3, 0.4) is 0 Å². The van der Waals surface area contributed by atoms with Crippen molar-refractivity contribution < 1.29 is 17.9 Å². The standard InChI is InChI=1S/C12H16BrNO4S2/c1-18-12(15)9-3-2-4-10(9)20(16,17)14-7-8-5-6-11(13)19-8/h5-6,9-10,14H,2-4,7H2,1H3. The minimum atomic E-state index is -3.51. The highest BCUT2D eigenvalue weighted by Gasteiger charge is 2.42. The number of nitrogens with one attached hydrogen (secondary N) is 1. The lowest BCUT2D eigenvalue weighted by atomic mass is 10.1. The molecule has 1 aromatic rings. The maximum Gasteiger partial charge on any atom is 0.310 e. The van der Waals surface area contributed by atoms with Crippen molar-refractivity contribution in [2.75, 3.05) is 7.11 Å². The zero-order valence-corrected chi connectivity index (χ0v) is 14.2. The summed E-state index contributed by atoms with van der Waals surface area (Å²) in [6, 6.07) is 3.74. The van der Waals surface area contributed by atoms with Crippen LogP contribution in [0, 0.1) is 5.92 Å². The summed E-state index contributed by atoms with van der Waals surface area (Å²) in [4.78, 5) is 12.6. The van der Waals surface area contributed by atoms with Crippen LogP contribution in [-0.2, 0) is 26.1 Å². The number of hydrogen-bond acceptors (Lipinski definition) is 5. The van der Waals surface area contributed by atoms with E-state index in [1.54, 1.807) is 0 Å². The van der Waals surface area contributed by atoms with Gasteiger partial charge in [-0.1, -0.05) is 6.42 Å². The van der Waals surface area contributed by atoms with Crippen molar-refractivity contribution in [2.24, 2.45) is 5.92 Å². The van der Waals surface area contributed by atoms with E-state index in [-0.39, 0.29) is 6.54 Å². The minimum absolute atomic E-state index is 0.253. The van der Waals surface area contributed by atoms with Crippen molar-refractivity contribution in [3.05, 3.63) is 20.8 Å². The zero-order valence-electron chi connectivity index (χ0n) is 11.0. The third kappa shape index (κ3) is 3.60. The van der Waals surface area contributed by atoms with Gasteiger partial charge in [-0.2, -0.15) is 0 Å². The molecule has 8 heteroatoms. The maximum atomic E-state index is 12.3. The van der Waals surface area contributed by atoms with Crippen molar-refractivity contribution in [1.29, 1.82) is 0 Å². The molecule has 0 amide bonds. The van der Waals surface area contributed by atoms with Crippen molar-refractivity contribution in [1.82, 2.24) is 4.72 Å². The first kappa shape index (κ1) is 15.9. The minimum Gasteiger partial charge on any atom is -0.469 e. The number of methoxy groups -OCH3 is 1. The number of carbonyl (C=O) groups is 1. The van der Waals surface area contributed by atoms with Gasteiger partial charge in [-0.15, -0.1) is 11.3 Å². The van der Waals surface area contributed by atoms with Crippen molar-refractivity contribution in [3.63, 3.8) is 0 Å². The first-order valence-corrected chi connectivity index (χ1v) is 9.40. The molecule has 20 heavy (non-hydrogen) atoms. The summed E-state index contributed by atoms with van der Waals surface area (Å²) in [6.45, 7) is 0.253. The number of carbonyl (C=O) groups excluding carboxylic acids is 1. The maximum absolute atomic E-state index is 12.3. The van der Waals surface area contributed by atoms with Gasteiger partial charge in [0, 0.05) is 11.4 Å². The summed E-state index contributed by atoms with van der Waals surface area (Å²) in [5.74, 6) is -0.982. The fourth-order valence-corrected chi connectivity index (χ4v) is 5.69. The Hall–Kier alpha value is -0.440. The number of halogens is 1. The molecule has 112 valence electrons. The molecule has 1 heterocycles. The average Bonchev–Trinajstić information content (AvgIpc) is 3.04. The highest BCUT2D eigenvalue weighted by molar-refractivity contribution is 9.11. The molecule has 2 atom stereocenters. The molecule has 0 saturated heterocycles. The quantitative estimate of drug-likeness (QED) is 0.793. The molecule has 1 N–H and O–H groups in total. The topological polar surface area (TPSA) is 72.5 Å². The van der Waals surface area contributed by atoms with Crippen LogP contribution in [0.15, 0.2) is 15.9 Å². The summed E-state index contributed by atoms with van der Waals surface area (Å²) in [5.41, 5.74) is 0. The molecule has 0 spiro atoms. The first-order chi connectivity index (χ1) is 9.44. The Morgan fingerprint density at radius 3 is 2.85 bits per heavy atom. The van der Waals surface area contributed by atoms with Crippen LogP contribution in [0.5, 0.6) is 0 Å². The van der Waals surface area contributed by atoms with Crippen molar-refractivity contribution in [2.45, 2.75) is 31.1 Å². The number of sulfonamides is 1. The largest absolute Gasteiger partial charge is 0.469 e. The van der Waals surface area contributed by atoms with E-state index in [1.807, 2.05) is 12.1 Å². The Morgan fingerprint density at radius 1 is 1.50 bits per heavy atom. The van der Waals surface area contributed by atoms with Crippen LogP contribution >= 0.6 is 27.3 Å². The van der Waals surface area contributed by atoms with E-state index in [4.69, 9.17) is 4.74 Å². The Morgan fingerprint density at radius 2 is 2.25 bits per heavy atom. The molecule has 0 aromatic carbocycles. The van der Waals surface area contributed by atoms with Gasteiger partial charge in [-0.05, 0) is 40.9 Å². The van der Waals surface area contributed by atoms with Crippen LogP contribution in [-0.4, -0.2) is 26.7 Å². The van der Waals surface area contributed by atoms with Gasteiger partial charge in [-0.3, -0.25) is 4.79 Å². The lowest BCUT2D eigenvalue weighted by molar-refractivity contribution is -0.145. The predicted octanol–water partition coefficient (Wildman–Crippen LogP) is 2.27. The molecule has 0 radical (unpaired) electrons. The molecular weight excluding hydrogens is 366 g/mol. The smallest absolute Gasteiger partial charge is 0.310 e. The van der Waals surface area contributed by atoms with Gasteiger partial charge in [0.2, 0.25) is 10.0 Å². The molecule has 1 aromatic heterocycles. The first-order valence-electron chi connectivity index (χ1n) is 6.24. The van der Waals surface area contributed by atoms with E-state index < -0.39 is 27.2 Å². The van der Waals surface area contributed by atoms with Gasteiger partial charge >= 0.3 is 5.97 Å². The van der Waals surface area contributed by atoms with E-state index >= 15 is 0 Å². The summed E-state index contributed by atoms with van der Waals surface area (Å²) in [5, 5.41) is -0.682. The molecule has 1 fully saturated rings. The fourth-order valence-electron chi connectivity index (χ4n) is 2.44. The number of ether oxygens (including phenoxy) is 1. The Bertz CT molecular complexity index is 584. The van der Waals surface area contributed by atoms with Gasteiger partial charge in [0.15, 0.2) is 0 Å². The zero-order chi connectivity index (χ0) is 14.8. The number of rotatable bonds is 5. The van der Waals surface area contributed by atoms with Gasteiger partial charge in [0.1, 0.15) is 0 Å². The second-order valence-corrected chi connectivity index (χ2v) is 9.20. The fraction of sp³-hybridized carbons (Fsp3) is 0.583. The number of esters is 1. The molecule has 2 rings (SSSR count). The van der Waals surface area contributed by atoms with E-state index in [2.05, 4.69) is 20.7 Å². The lowest BCUT2D eigenvalue weighted by Crippen LogP contribution is -2.39. The second-order valence-electron chi connectivity index (χ2n) is 4.67. The third-order valence-corrected chi connectivity index (χ3v) is 6.96. The Kier molecular flexibility index (Phi) is 5.22. The van der Waals surface area contributed by atoms with Gasteiger partial charge in [0.25, 0.3) is 0 Å². The molecule has 0 bridgehead atoms. The summed E-state index contributed by atoms with van der Waals surface area (Å²) >= 11 is 4.82. The van der Waals surface area contributed by atoms with Crippen molar-refractivity contribution >= 4 is 43.3 Å². The number of hydrogen-bond donors (Lipinski definition) is 1. The molecule has 1 saturated carbocycles. The van der Waals surface area contributed by atoms with Gasteiger partial charge in [0.05, 0.1) is 22.1 Å². The lowest BCUT2D eigenvalue weighted by Gasteiger charge is -2.18. The molecular formula is C12H16BrNO4S2. The molecule has 1 aliphatic rings. The Balaban J connectivity index is 2.04. The summed E-state index contributed by atoms with van der Waals surface area (Å²) in [7, 11) is -2.22. The third-order valence-electron chi connectivity index (χ3n) is 3.43. The van der Waals surface area contributed by atoms with Crippen LogP contribution in [0.25, 0.3) is 0 Å². The summed E-state index contributed by atoms with van der Waals surface area (Å²) in [6.07, 6.45) is 1.81. The second kappa shape index (κ2) is 6.55. The van der Waals surface area contributed by atoms with Crippen molar-refractivity contribution in [3.8, 4) is 0 Å². The van der Waals surface area contributed by atoms with E-state index in [0.717, 1.165) is 15.1 Å². The van der Waals surface area contributed by atoms with Crippen LogP contribution < -0.4 is 4.72 Å². The van der Waals surface area contributed by atoms with Gasteiger partial charge < -0.3 is 4.74 Å². The molecule has 0 aliphatic heterocycles. The predicted molar refractivity (Wildman–Crippen MR) is 80.9 cm³/mol. The Labute approximate surface area is 130 Å². The summed E-state index contributed by atoms with van der Waals surface area (Å²) < 4.78 is 32.9. The highest BCUT2D eigenvalue weighted by Crippen LogP contribution is 2.32. The monoisotopic (exact) mass is 381 g/mol. The molecule has 1 aliphatic carbocycles. The van der Waals surface area contributed by atoms with Crippen LogP contribution in [0.2, 0.25) is 0 Å². The molecule has 2 unspecified atom stereocenters. The highest BCUT2D eigenvalue weighted by atomic mass is 79.9. The van der Waals surface area contributed by atoms with E-state index in [9.17, 15) is 13.2 Å². The van der Waals surface area contributed by atoms with E-state index in [0.29, 0.717) is 12.8 Å². The van der Waals surface area contributed by atoms with E-state index in [1.165, 1.54) is 18.4 Å². The van der Waals surface area contributed by atoms with Crippen LogP contribution in [0.4, 0.5) is 0 Å².